The van der Waals surface area contributed by atoms with Crippen molar-refractivity contribution in [3.63, 3.8) is 0 Å². The Hall–Kier alpha value is -4.37. The molecule has 0 spiro atoms. The number of unbranched alkanes of at least 4 members (excludes halogenated alkanes) is 1. The molecule has 0 radical (unpaired) electrons. The highest BCUT2D eigenvalue weighted by Gasteiger charge is 2.48. The van der Waals surface area contributed by atoms with Gasteiger partial charge >= 0.3 is 5.91 Å². The summed E-state index contributed by atoms with van der Waals surface area (Å²) >= 11 is 1.30. The number of aryl methyl sites for hydroxylation is 2. The quantitative estimate of drug-likeness (QED) is 0.0980. The van der Waals surface area contributed by atoms with Crippen molar-refractivity contribution in [2.75, 3.05) is 18.1 Å². The van der Waals surface area contributed by atoms with Crippen molar-refractivity contribution in [1.82, 2.24) is 4.98 Å². The number of Topliss-reactive ketones (excluding diaryl/α,β-unsaturated/α-hetero) is 1. The van der Waals surface area contributed by atoms with E-state index in [4.69, 9.17) is 14.5 Å². The molecule has 0 aliphatic carbocycles. The van der Waals surface area contributed by atoms with Gasteiger partial charge in [0, 0.05) is 5.56 Å². The number of carbonyl (C=O) groups is 2. The monoisotopic (exact) mass is 572 g/mol. The Balaban J connectivity index is 1.69. The molecule has 1 aromatic heterocycles. The number of aromatic hydroxyl groups is 1. The SMILES string of the molecule is CCCCOc1cccc(/C(O)=C2\C(=O)C(=O)N(c3nc4c(C)cc(C)cc4s3)C2c2ccc(O)c(OCC)c2)c1. The molecule has 41 heavy (non-hydrogen) atoms. The Kier molecular flexibility index (Phi) is 7.99. The highest BCUT2D eigenvalue weighted by Crippen LogP contribution is 2.46. The summed E-state index contributed by atoms with van der Waals surface area (Å²) in [6.45, 7) is 8.63. The van der Waals surface area contributed by atoms with Gasteiger partial charge in [-0.15, -0.1) is 0 Å². The molecular weight excluding hydrogens is 540 g/mol. The number of aromatic nitrogens is 1. The van der Waals surface area contributed by atoms with Gasteiger partial charge in [0.2, 0.25) is 0 Å². The Morgan fingerprint density at radius 3 is 2.61 bits per heavy atom. The van der Waals surface area contributed by atoms with Gasteiger partial charge in [0.25, 0.3) is 5.78 Å². The maximum atomic E-state index is 13.7. The number of aliphatic hydroxyl groups excluding tert-OH is 1. The van der Waals surface area contributed by atoms with Gasteiger partial charge in [0.05, 0.1) is 35.0 Å². The minimum absolute atomic E-state index is 0.0735. The van der Waals surface area contributed by atoms with E-state index in [9.17, 15) is 19.8 Å². The Bertz CT molecular complexity index is 1670. The van der Waals surface area contributed by atoms with E-state index >= 15 is 0 Å². The number of anilines is 1. The molecule has 0 saturated carbocycles. The van der Waals surface area contributed by atoms with Crippen molar-refractivity contribution in [1.29, 1.82) is 0 Å². The fraction of sp³-hybridized carbons (Fsp3) is 0.281. The van der Waals surface area contributed by atoms with Gasteiger partial charge in [-0.25, -0.2) is 4.98 Å². The van der Waals surface area contributed by atoms with E-state index in [0.717, 1.165) is 34.2 Å². The molecule has 1 aliphatic heterocycles. The van der Waals surface area contributed by atoms with E-state index in [1.54, 1.807) is 43.3 Å². The Labute approximate surface area is 242 Å². The van der Waals surface area contributed by atoms with Crippen molar-refractivity contribution >= 4 is 44.1 Å². The Morgan fingerprint density at radius 1 is 1.05 bits per heavy atom. The van der Waals surface area contributed by atoms with Crippen LogP contribution in [0.15, 0.2) is 60.2 Å². The Morgan fingerprint density at radius 2 is 1.85 bits per heavy atom. The highest BCUT2D eigenvalue weighted by atomic mass is 32.1. The number of fused-ring (bicyclic) bond motifs is 1. The normalized spacial score (nSPS) is 16.5. The van der Waals surface area contributed by atoms with Crippen LogP contribution < -0.4 is 14.4 Å². The van der Waals surface area contributed by atoms with Crippen molar-refractivity contribution in [3.8, 4) is 17.2 Å². The standard InChI is InChI=1S/C32H32N2O6S/c1-5-7-13-40-22-10-8-9-21(16-22)29(36)26-28(20-11-12-23(35)24(17-20)39-6-2)34(31(38)30(26)37)32-33-27-19(4)14-18(3)15-25(27)41-32/h8-12,14-17,28,35-36H,5-7,13H2,1-4H3/b29-26+. The maximum Gasteiger partial charge on any atom is 0.301 e. The number of hydrogen-bond acceptors (Lipinski definition) is 8. The predicted octanol–water partition coefficient (Wildman–Crippen LogP) is 6.82. The van der Waals surface area contributed by atoms with Crippen LogP contribution in [0, 0.1) is 13.8 Å². The van der Waals surface area contributed by atoms with Crippen molar-refractivity contribution < 1.29 is 29.3 Å². The van der Waals surface area contributed by atoms with Crippen LogP contribution in [0.1, 0.15) is 55.0 Å². The molecular formula is C32H32N2O6S. The number of phenols is 1. The average molecular weight is 573 g/mol. The lowest BCUT2D eigenvalue weighted by Gasteiger charge is -2.23. The lowest BCUT2D eigenvalue weighted by molar-refractivity contribution is -0.132. The summed E-state index contributed by atoms with van der Waals surface area (Å²) in [5.41, 5.74) is 3.51. The number of ether oxygens (including phenoxy) is 2. The lowest BCUT2D eigenvalue weighted by atomic mass is 9.95. The van der Waals surface area contributed by atoms with Gasteiger partial charge in [0.1, 0.15) is 11.5 Å². The summed E-state index contributed by atoms with van der Waals surface area (Å²) in [5.74, 6) is -1.27. The van der Waals surface area contributed by atoms with Crippen LogP contribution in [-0.4, -0.2) is 40.1 Å². The molecule has 1 saturated heterocycles. The molecule has 9 heteroatoms. The second kappa shape index (κ2) is 11.6. The average Bonchev–Trinajstić information content (AvgIpc) is 3.48. The van der Waals surface area contributed by atoms with Crippen LogP contribution in [0.3, 0.4) is 0 Å². The summed E-state index contributed by atoms with van der Waals surface area (Å²) in [5, 5.41) is 22.3. The van der Waals surface area contributed by atoms with Crippen LogP contribution in [0.5, 0.6) is 17.2 Å². The van der Waals surface area contributed by atoms with Crippen LogP contribution >= 0.6 is 11.3 Å². The molecule has 5 rings (SSSR count). The third-order valence-electron chi connectivity index (χ3n) is 6.94. The number of carbonyl (C=O) groups excluding carboxylic acids is 2. The number of thiazole rings is 1. The molecule has 2 N–H and O–H groups in total. The summed E-state index contributed by atoms with van der Waals surface area (Å²) in [6, 6.07) is 14.5. The van der Waals surface area contributed by atoms with Gasteiger partial charge in [-0.05, 0) is 74.2 Å². The molecule has 1 atom stereocenters. The molecule has 3 aromatic carbocycles. The third-order valence-corrected chi connectivity index (χ3v) is 7.94. The van der Waals surface area contributed by atoms with E-state index in [-0.39, 0.29) is 22.8 Å². The van der Waals surface area contributed by atoms with Crippen molar-refractivity contribution in [2.45, 2.75) is 46.6 Å². The number of benzene rings is 3. The van der Waals surface area contributed by atoms with Gasteiger partial charge in [-0.3, -0.25) is 14.5 Å². The van der Waals surface area contributed by atoms with Crippen LogP contribution in [0.2, 0.25) is 0 Å². The fourth-order valence-electron chi connectivity index (χ4n) is 5.00. The third kappa shape index (κ3) is 5.37. The zero-order valence-corrected chi connectivity index (χ0v) is 24.2. The topological polar surface area (TPSA) is 109 Å². The molecule has 212 valence electrons. The maximum absolute atomic E-state index is 13.7. The van der Waals surface area contributed by atoms with E-state index in [1.807, 2.05) is 26.0 Å². The van der Waals surface area contributed by atoms with Crippen LogP contribution in [0.25, 0.3) is 16.0 Å². The number of nitrogens with zero attached hydrogens (tertiary/aromatic N) is 2. The minimum atomic E-state index is -1.01. The smallest absolute Gasteiger partial charge is 0.301 e. The van der Waals surface area contributed by atoms with E-state index < -0.39 is 17.7 Å². The highest BCUT2D eigenvalue weighted by molar-refractivity contribution is 7.22. The molecule has 1 unspecified atom stereocenters. The fourth-order valence-corrected chi connectivity index (χ4v) is 6.17. The molecule has 8 nitrogen and oxygen atoms in total. The van der Waals surface area contributed by atoms with Gasteiger partial charge in [-0.2, -0.15) is 0 Å². The van der Waals surface area contributed by atoms with Gasteiger partial charge in [0.15, 0.2) is 16.6 Å². The summed E-state index contributed by atoms with van der Waals surface area (Å²) in [4.78, 5) is 33.4. The van der Waals surface area contributed by atoms with Gasteiger partial charge < -0.3 is 19.7 Å². The molecule has 2 heterocycles. The second-order valence-corrected chi connectivity index (χ2v) is 11.0. The van der Waals surface area contributed by atoms with Gasteiger partial charge in [-0.1, -0.05) is 48.9 Å². The van der Waals surface area contributed by atoms with Crippen LogP contribution in [0.4, 0.5) is 5.13 Å². The zero-order chi connectivity index (χ0) is 29.3. The number of ketones is 1. The number of amides is 1. The van der Waals surface area contributed by atoms with Crippen LogP contribution in [-0.2, 0) is 9.59 Å². The number of rotatable bonds is 9. The second-order valence-electron chi connectivity index (χ2n) is 9.98. The lowest BCUT2D eigenvalue weighted by Crippen LogP contribution is -2.29. The zero-order valence-electron chi connectivity index (χ0n) is 23.4. The summed E-state index contributed by atoms with van der Waals surface area (Å²) in [7, 11) is 0. The largest absolute Gasteiger partial charge is 0.507 e. The first-order valence-electron chi connectivity index (χ1n) is 13.6. The first kappa shape index (κ1) is 28.2. The minimum Gasteiger partial charge on any atom is -0.507 e. The van der Waals surface area contributed by atoms with Crippen molar-refractivity contribution in [2.24, 2.45) is 0 Å². The molecule has 1 aliphatic rings. The van der Waals surface area contributed by atoms with Crippen molar-refractivity contribution in [3.05, 3.63) is 82.4 Å². The first-order valence-corrected chi connectivity index (χ1v) is 14.4. The van der Waals surface area contributed by atoms with E-state index in [1.165, 1.54) is 22.3 Å². The summed E-state index contributed by atoms with van der Waals surface area (Å²) in [6.07, 6.45) is 1.86. The number of aliphatic hydroxyl groups is 1. The predicted molar refractivity (Wildman–Crippen MR) is 160 cm³/mol. The number of hydrogen-bond donors (Lipinski definition) is 2. The number of phenolic OH excluding ortho intramolecular Hbond substituents is 1. The molecule has 4 aromatic rings. The van der Waals surface area contributed by atoms with E-state index in [0.29, 0.717) is 35.2 Å². The molecule has 1 amide bonds. The molecule has 1 fully saturated rings. The molecule has 0 bridgehead atoms. The van der Waals surface area contributed by atoms with E-state index in [2.05, 4.69) is 6.92 Å². The summed E-state index contributed by atoms with van der Waals surface area (Å²) < 4.78 is 12.3. The first-order chi connectivity index (χ1) is 19.7.